The van der Waals surface area contributed by atoms with Gasteiger partial charge in [-0.1, -0.05) is 34.6 Å². The maximum absolute atomic E-state index is 4.83. The molecule has 18 heavy (non-hydrogen) atoms. The Kier molecular flexibility index (Phi) is 6.15. The number of hydrogen-bond donors (Lipinski definition) is 1. The van der Waals surface area contributed by atoms with Crippen LogP contribution < -0.4 is 5.32 Å². The van der Waals surface area contributed by atoms with Gasteiger partial charge in [0.2, 0.25) is 0 Å². The molecule has 1 heterocycles. The van der Waals surface area contributed by atoms with Gasteiger partial charge in [-0.2, -0.15) is 0 Å². The van der Waals surface area contributed by atoms with Crippen molar-refractivity contribution in [1.29, 1.82) is 0 Å². The first-order chi connectivity index (χ1) is 8.31. The first kappa shape index (κ1) is 16.0. The summed E-state index contributed by atoms with van der Waals surface area (Å²) in [4.78, 5) is 6.24. The van der Waals surface area contributed by atoms with Gasteiger partial charge in [0.05, 0.1) is 5.69 Å². The number of thiazole rings is 1. The molecule has 0 amide bonds. The van der Waals surface area contributed by atoms with E-state index in [0.717, 1.165) is 18.7 Å². The number of thioether (sulfide) groups is 1. The van der Waals surface area contributed by atoms with Crippen molar-refractivity contribution in [2.24, 2.45) is 5.92 Å². The van der Waals surface area contributed by atoms with Crippen LogP contribution in [0, 0.1) is 5.92 Å². The third-order valence-corrected chi connectivity index (χ3v) is 4.95. The molecule has 104 valence electrons. The second kappa shape index (κ2) is 6.92. The van der Waals surface area contributed by atoms with Crippen LogP contribution in [0.4, 0.5) is 0 Å². The number of nitrogens with one attached hydrogen (secondary N) is 1. The molecular formula is C14H26N2S2. The number of aromatic nitrogens is 1. The molecule has 1 aromatic rings. The molecule has 0 atom stereocenters. The van der Waals surface area contributed by atoms with E-state index in [-0.39, 0.29) is 0 Å². The molecule has 0 aromatic carbocycles. The molecule has 0 aliphatic carbocycles. The van der Waals surface area contributed by atoms with Crippen LogP contribution in [0.2, 0.25) is 0 Å². The normalized spacial score (nSPS) is 12.4. The highest BCUT2D eigenvalue weighted by Gasteiger charge is 2.15. The average molecular weight is 287 g/mol. The van der Waals surface area contributed by atoms with Crippen molar-refractivity contribution in [1.82, 2.24) is 10.3 Å². The summed E-state index contributed by atoms with van der Waals surface area (Å²) in [6.45, 7) is 12.2. The third kappa shape index (κ3) is 5.72. The fraction of sp³-hybridized carbons (Fsp3) is 0.786. The predicted octanol–water partition coefficient (Wildman–Crippen LogP) is 4.09. The molecule has 1 rings (SSSR count). The Morgan fingerprint density at radius 2 is 2.00 bits per heavy atom. The SMILES string of the molecule is CNCc1sc(CSC(C)(C)C)nc1CC(C)C. The number of hydrogen-bond acceptors (Lipinski definition) is 4. The lowest BCUT2D eigenvalue weighted by Gasteiger charge is -2.16. The largest absolute Gasteiger partial charge is 0.315 e. The van der Waals surface area contributed by atoms with Crippen LogP contribution in [0.1, 0.15) is 50.2 Å². The molecule has 2 nitrogen and oxygen atoms in total. The Labute approximate surface area is 120 Å². The second-order valence-corrected chi connectivity index (χ2v) is 8.98. The lowest BCUT2D eigenvalue weighted by Crippen LogP contribution is -2.07. The van der Waals surface area contributed by atoms with Gasteiger partial charge in [0.15, 0.2) is 0 Å². The van der Waals surface area contributed by atoms with Crippen LogP contribution in [-0.2, 0) is 18.7 Å². The van der Waals surface area contributed by atoms with Crippen molar-refractivity contribution in [2.75, 3.05) is 7.05 Å². The van der Waals surface area contributed by atoms with E-state index in [1.807, 2.05) is 30.1 Å². The lowest BCUT2D eigenvalue weighted by atomic mass is 10.1. The summed E-state index contributed by atoms with van der Waals surface area (Å²) in [6.07, 6.45) is 1.09. The Hall–Kier alpha value is -0.0600. The summed E-state index contributed by atoms with van der Waals surface area (Å²) >= 11 is 3.85. The highest BCUT2D eigenvalue weighted by Crippen LogP contribution is 2.30. The van der Waals surface area contributed by atoms with E-state index in [1.165, 1.54) is 15.6 Å². The van der Waals surface area contributed by atoms with Crippen molar-refractivity contribution < 1.29 is 0 Å². The van der Waals surface area contributed by atoms with Crippen molar-refractivity contribution in [3.63, 3.8) is 0 Å². The van der Waals surface area contributed by atoms with E-state index >= 15 is 0 Å². The van der Waals surface area contributed by atoms with Crippen LogP contribution in [-0.4, -0.2) is 16.8 Å². The molecule has 1 N–H and O–H groups in total. The van der Waals surface area contributed by atoms with E-state index in [1.54, 1.807) is 0 Å². The molecule has 0 saturated carbocycles. The van der Waals surface area contributed by atoms with Crippen LogP contribution in [0.15, 0.2) is 0 Å². The lowest BCUT2D eigenvalue weighted by molar-refractivity contribution is 0.630. The van der Waals surface area contributed by atoms with Gasteiger partial charge in [0.1, 0.15) is 5.01 Å². The zero-order chi connectivity index (χ0) is 13.8. The number of nitrogens with zero attached hydrogens (tertiary/aromatic N) is 1. The summed E-state index contributed by atoms with van der Waals surface area (Å²) < 4.78 is 0.313. The zero-order valence-corrected chi connectivity index (χ0v) is 14.1. The van der Waals surface area contributed by atoms with Gasteiger partial charge < -0.3 is 5.32 Å². The fourth-order valence-electron chi connectivity index (χ4n) is 1.62. The zero-order valence-electron chi connectivity index (χ0n) is 12.5. The molecular weight excluding hydrogens is 260 g/mol. The highest BCUT2D eigenvalue weighted by molar-refractivity contribution is 7.99. The van der Waals surface area contributed by atoms with Gasteiger partial charge in [0.25, 0.3) is 0 Å². The van der Waals surface area contributed by atoms with Gasteiger partial charge in [-0.15, -0.1) is 23.1 Å². The predicted molar refractivity (Wildman–Crippen MR) is 84.5 cm³/mol. The van der Waals surface area contributed by atoms with Crippen molar-refractivity contribution in [2.45, 2.75) is 58.1 Å². The molecule has 0 unspecified atom stereocenters. The summed E-state index contributed by atoms with van der Waals surface area (Å²) in [6, 6.07) is 0. The quantitative estimate of drug-likeness (QED) is 0.852. The minimum Gasteiger partial charge on any atom is -0.315 e. The molecule has 0 saturated heterocycles. The van der Waals surface area contributed by atoms with Crippen LogP contribution in [0.5, 0.6) is 0 Å². The Balaban J connectivity index is 2.74. The van der Waals surface area contributed by atoms with Gasteiger partial charge in [-0.3, -0.25) is 0 Å². The maximum Gasteiger partial charge on any atom is 0.103 e. The summed E-state index contributed by atoms with van der Waals surface area (Å²) in [5, 5.41) is 4.52. The van der Waals surface area contributed by atoms with E-state index in [4.69, 9.17) is 4.98 Å². The van der Waals surface area contributed by atoms with Crippen molar-refractivity contribution >= 4 is 23.1 Å². The van der Waals surface area contributed by atoms with E-state index in [9.17, 15) is 0 Å². The maximum atomic E-state index is 4.83. The Bertz CT molecular complexity index is 364. The minimum absolute atomic E-state index is 0.313. The van der Waals surface area contributed by atoms with Crippen molar-refractivity contribution in [3.8, 4) is 0 Å². The van der Waals surface area contributed by atoms with E-state index in [2.05, 4.69) is 39.9 Å². The monoisotopic (exact) mass is 286 g/mol. The summed E-state index contributed by atoms with van der Waals surface area (Å²) in [5.41, 5.74) is 1.30. The third-order valence-electron chi connectivity index (χ3n) is 2.39. The molecule has 0 aliphatic heterocycles. The van der Waals surface area contributed by atoms with Gasteiger partial charge in [-0.05, 0) is 19.4 Å². The van der Waals surface area contributed by atoms with Crippen LogP contribution >= 0.6 is 23.1 Å². The van der Waals surface area contributed by atoms with E-state index < -0.39 is 0 Å². The smallest absolute Gasteiger partial charge is 0.103 e. The topological polar surface area (TPSA) is 24.9 Å². The highest BCUT2D eigenvalue weighted by atomic mass is 32.2. The summed E-state index contributed by atoms with van der Waals surface area (Å²) in [5.74, 6) is 1.70. The van der Waals surface area contributed by atoms with Gasteiger partial charge in [-0.25, -0.2) is 4.98 Å². The molecule has 0 radical (unpaired) electrons. The molecule has 4 heteroatoms. The molecule has 1 aromatic heterocycles. The van der Waals surface area contributed by atoms with Gasteiger partial charge in [0, 0.05) is 21.9 Å². The molecule has 0 fully saturated rings. The first-order valence-corrected chi connectivity index (χ1v) is 8.38. The standard InChI is InChI=1S/C14H26N2S2/c1-10(2)7-11-12(8-15-6)18-13(16-11)9-17-14(3,4)5/h10,15H,7-9H2,1-6H3. The minimum atomic E-state index is 0.313. The summed E-state index contributed by atoms with van der Waals surface area (Å²) in [7, 11) is 2.00. The Morgan fingerprint density at radius 1 is 1.33 bits per heavy atom. The van der Waals surface area contributed by atoms with Crippen LogP contribution in [0.25, 0.3) is 0 Å². The number of rotatable bonds is 6. The van der Waals surface area contributed by atoms with Gasteiger partial charge >= 0.3 is 0 Å². The van der Waals surface area contributed by atoms with Crippen LogP contribution in [0.3, 0.4) is 0 Å². The molecule has 0 aliphatic rings. The first-order valence-electron chi connectivity index (χ1n) is 6.58. The van der Waals surface area contributed by atoms with E-state index in [0.29, 0.717) is 10.7 Å². The molecule has 0 bridgehead atoms. The van der Waals surface area contributed by atoms with Crippen molar-refractivity contribution in [3.05, 3.63) is 15.6 Å². The second-order valence-electron chi connectivity index (χ2n) is 6.01. The molecule has 0 spiro atoms. The average Bonchev–Trinajstić information content (AvgIpc) is 2.57. The fourth-order valence-corrected chi connectivity index (χ4v) is 3.56. The Morgan fingerprint density at radius 3 is 2.50 bits per heavy atom.